The van der Waals surface area contributed by atoms with Crippen LogP contribution in [0.15, 0.2) is 18.2 Å². The van der Waals surface area contributed by atoms with Gasteiger partial charge in [0.1, 0.15) is 11.4 Å². The summed E-state index contributed by atoms with van der Waals surface area (Å²) in [5.41, 5.74) is 5.76. The van der Waals surface area contributed by atoms with Gasteiger partial charge in [0.25, 0.3) is 0 Å². The number of nitrogens with two attached hydrogens (primary N) is 1. The maximum Gasteiger partial charge on any atom is 0.245 e. The summed E-state index contributed by atoms with van der Waals surface area (Å²) in [5.74, 6) is -0.648. The van der Waals surface area contributed by atoms with Crippen molar-refractivity contribution >= 4 is 24.0 Å². The molecule has 0 radical (unpaired) electrons. The van der Waals surface area contributed by atoms with Crippen LogP contribution in [0, 0.1) is 18.2 Å². The Morgan fingerprint density at radius 3 is 2.64 bits per heavy atom. The lowest BCUT2D eigenvalue weighted by Gasteiger charge is -2.57. The van der Waals surface area contributed by atoms with Crippen molar-refractivity contribution in [3.8, 4) is 0 Å². The summed E-state index contributed by atoms with van der Waals surface area (Å²) in [6, 6.07) is 4.61. The van der Waals surface area contributed by atoms with Gasteiger partial charge in [0.15, 0.2) is 0 Å². The second kappa shape index (κ2) is 6.52. The van der Waals surface area contributed by atoms with E-state index in [0.717, 1.165) is 0 Å². The molecule has 2 unspecified atom stereocenters. The number of halogens is 2. The summed E-state index contributed by atoms with van der Waals surface area (Å²) in [6.45, 7) is 8.03. The van der Waals surface area contributed by atoms with Crippen LogP contribution in [0.4, 0.5) is 10.1 Å². The summed E-state index contributed by atoms with van der Waals surface area (Å²) in [6.07, 6.45) is 0.432. The molecule has 1 fully saturated rings. The highest BCUT2D eigenvalue weighted by Crippen LogP contribution is 2.50. The SMILES string of the molecule is CCOC1CC(N)(C(=O)Nc2ccc(C)c(F)c2)C1(C)C.Cl. The number of carbonyl (C=O) groups excluding carboxylic acids is 1. The van der Waals surface area contributed by atoms with E-state index in [9.17, 15) is 9.18 Å². The zero-order valence-corrected chi connectivity index (χ0v) is 14.2. The predicted octanol–water partition coefficient (Wildman–Crippen LogP) is 3.03. The number of benzene rings is 1. The molecule has 1 amide bonds. The van der Waals surface area contributed by atoms with Crippen LogP contribution in [-0.2, 0) is 9.53 Å². The third-order valence-corrected chi connectivity index (χ3v) is 4.66. The Morgan fingerprint density at radius 1 is 1.50 bits per heavy atom. The zero-order chi connectivity index (χ0) is 15.8. The fourth-order valence-electron chi connectivity index (χ4n) is 2.73. The van der Waals surface area contributed by atoms with E-state index in [-0.39, 0.29) is 30.2 Å². The van der Waals surface area contributed by atoms with Crippen LogP contribution < -0.4 is 11.1 Å². The van der Waals surface area contributed by atoms with Crippen molar-refractivity contribution in [3.63, 3.8) is 0 Å². The molecule has 124 valence electrons. The molecule has 1 aromatic rings. The van der Waals surface area contributed by atoms with Crippen molar-refractivity contribution in [2.24, 2.45) is 11.1 Å². The lowest BCUT2D eigenvalue weighted by Crippen LogP contribution is -2.74. The molecule has 2 atom stereocenters. The van der Waals surface area contributed by atoms with Crippen LogP contribution in [-0.4, -0.2) is 24.2 Å². The van der Waals surface area contributed by atoms with Gasteiger partial charge in [-0.25, -0.2) is 4.39 Å². The van der Waals surface area contributed by atoms with Crippen molar-refractivity contribution in [2.75, 3.05) is 11.9 Å². The molecule has 0 heterocycles. The lowest BCUT2D eigenvalue weighted by molar-refractivity contribution is -0.166. The van der Waals surface area contributed by atoms with Gasteiger partial charge in [0, 0.05) is 24.1 Å². The highest BCUT2D eigenvalue weighted by Gasteiger charge is 2.62. The number of ether oxygens (including phenoxy) is 1. The molecule has 0 bridgehead atoms. The monoisotopic (exact) mass is 330 g/mol. The van der Waals surface area contributed by atoms with Gasteiger partial charge in [-0.05, 0) is 31.5 Å². The average molecular weight is 331 g/mol. The standard InChI is InChI=1S/C16H23FN2O2.ClH/c1-5-21-13-9-16(18,15(13,3)4)14(20)19-11-7-6-10(2)12(17)8-11;/h6-8,13H,5,9,18H2,1-4H3,(H,19,20);1H. The van der Waals surface area contributed by atoms with Crippen molar-refractivity contribution in [2.45, 2.75) is 45.8 Å². The summed E-state index contributed by atoms with van der Waals surface area (Å²) in [7, 11) is 0. The Hall–Kier alpha value is -1.17. The van der Waals surface area contributed by atoms with Crippen LogP contribution in [0.3, 0.4) is 0 Å². The number of amides is 1. The Morgan fingerprint density at radius 2 is 2.14 bits per heavy atom. The van der Waals surface area contributed by atoms with Crippen LogP contribution in [0.5, 0.6) is 0 Å². The molecule has 1 aliphatic rings. The number of rotatable bonds is 4. The molecular weight excluding hydrogens is 307 g/mol. The summed E-state index contributed by atoms with van der Waals surface area (Å²) < 4.78 is 19.1. The molecule has 0 aliphatic heterocycles. The van der Waals surface area contributed by atoms with E-state index in [1.165, 1.54) is 6.07 Å². The van der Waals surface area contributed by atoms with Crippen LogP contribution >= 0.6 is 12.4 Å². The number of carbonyl (C=O) groups is 1. The average Bonchev–Trinajstić information content (AvgIpc) is 2.42. The van der Waals surface area contributed by atoms with Crippen molar-refractivity contribution in [1.29, 1.82) is 0 Å². The quantitative estimate of drug-likeness (QED) is 0.892. The molecule has 0 aromatic heterocycles. The topological polar surface area (TPSA) is 64.3 Å². The molecule has 6 heteroatoms. The molecule has 2 rings (SSSR count). The number of anilines is 1. The summed E-state index contributed by atoms with van der Waals surface area (Å²) >= 11 is 0. The Bertz CT molecular complexity index is 565. The van der Waals surface area contributed by atoms with Gasteiger partial charge in [-0.2, -0.15) is 0 Å². The number of nitrogens with one attached hydrogen (secondary N) is 1. The van der Waals surface area contributed by atoms with E-state index in [4.69, 9.17) is 10.5 Å². The molecule has 3 N–H and O–H groups in total. The number of aryl methyl sites for hydroxylation is 1. The maximum atomic E-state index is 13.5. The first kappa shape index (κ1) is 18.9. The zero-order valence-electron chi connectivity index (χ0n) is 13.4. The first-order valence-corrected chi connectivity index (χ1v) is 7.20. The van der Waals surface area contributed by atoms with E-state index >= 15 is 0 Å². The molecular formula is C16H24ClFN2O2. The van der Waals surface area contributed by atoms with Gasteiger partial charge < -0.3 is 15.8 Å². The fraction of sp³-hybridized carbons (Fsp3) is 0.562. The van der Waals surface area contributed by atoms with E-state index in [1.807, 2.05) is 20.8 Å². The second-order valence-electron chi connectivity index (χ2n) is 6.26. The van der Waals surface area contributed by atoms with Gasteiger partial charge in [-0.1, -0.05) is 19.9 Å². The Labute approximate surface area is 137 Å². The largest absolute Gasteiger partial charge is 0.378 e. The number of hydrogen-bond acceptors (Lipinski definition) is 3. The minimum atomic E-state index is -1.01. The number of hydrogen-bond donors (Lipinski definition) is 2. The van der Waals surface area contributed by atoms with Crippen molar-refractivity contribution < 1.29 is 13.9 Å². The lowest BCUT2D eigenvalue weighted by atomic mass is 9.54. The molecule has 1 saturated carbocycles. The van der Waals surface area contributed by atoms with Crippen molar-refractivity contribution in [1.82, 2.24) is 0 Å². The second-order valence-corrected chi connectivity index (χ2v) is 6.26. The maximum absolute atomic E-state index is 13.5. The highest BCUT2D eigenvalue weighted by molar-refractivity contribution is 5.99. The van der Waals surface area contributed by atoms with E-state index in [2.05, 4.69) is 5.32 Å². The van der Waals surface area contributed by atoms with Crippen LogP contribution in [0.2, 0.25) is 0 Å². The Balaban J connectivity index is 0.00000242. The van der Waals surface area contributed by atoms with Gasteiger partial charge in [-0.3, -0.25) is 4.79 Å². The van der Waals surface area contributed by atoms with Crippen LogP contribution in [0.25, 0.3) is 0 Å². The first-order chi connectivity index (χ1) is 9.72. The highest BCUT2D eigenvalue weighted by atomic mass is 35.5. The third-order valence-electron chi connectivity index (χ3n) is 4.66. The smallest absolute Gasteiger partial charge is 0.245 e. The van der Waals surface area contributed by atoms with E-state index < -0.39 is 11.0 Å². The van der Waals surface area contributed by atoms with Gasteiger partial charge in [0.05, 0.1) is 6.10 Å². The first-order valence-electron chi connectivity index (χ1n) is 7.20. The minimum Gasteiger partial charge on any atom is -0.378 e. The normalized spacial score (nSPS) is 25.8. The van der Waals surface area contributed by atoms with Gasteiger partial charge in [0.2, 0.25) is 5.91 Å². The van der Waals surface area contributed by atoms with E-state index in [0.29, 0.717) is 24.3 Å². The molecule has 0 saturated heterocycles. The van der Waals surface area contributed by atoms with Gasteiger partial charge in [-0.15, -0.1) is 12.4 Å². The molecule has 1 aromatic carbocycles. The summed E-state index contributed by atoms with van der Waals surface area (Å²) in [4.78, 5) is 12.5. The summed E-state index contributed by atoms with van der Waals surface area (Å²) in [5, 5.41) is 2.71. The molecule has 22 heavy (non-hydrogen) atoms. The van der Waals surface area contributed by atoms with Crippen LogP contribution in [0.1, 0.15) is 32.8 Å². The molecule has 1 aliphatic carbocycles. The molecule has 0 spiro atoms. The third kappa shape index (κ3) is 2.98. The predicted molar refractivity (Wildman–Crippen MR) is 87.7 cm³/mol. The minimum absolute atomic E-state index is 0. The van der Waals surface area contributed by atoms with Crippen molar-refractivity contribution in [3.05, 3.63) is 29.6 Å². The van der Waals surface area contributed by atoms with E-state index in [1.54, 1.807) is 19.1 Å². The molecule has 4 nitrogen and oxygen atoms in total. The Kier molecular flexibility index (Phi) is 5.60. The fourth-order valence-corrected chi connectivity index (χ4v) is 2.73. The van der Waals surface area contributed by atoms with Gasteiger partial charge >= 0.3 is 0 Å².